The van der Waals surface area contributed by atoms with Crippen LogP contribution in [0.2, 0.25) is 0 Å². The van der Waals surface area contributed by atoms with Gasteiger partial charge in [0.15, 0.2) is 6.61 Å². The Hall–Kier alpha value is -1.96. The summed E-state index contributed by atoms with van der Waals surface area (Å²) in [6.45, 7) is 4.47. The van der Waals surface area contributed by atoms with Gasteiger partial charge in [0.2, 0.25) is 0 Å². The third-order valence-electron chi connectivity index (χ3n) is 3.73. The maximum absolute atomic E-state index is 10.5. The fraction of sp³-hybridized carbons (Fsp3) is 0.444. The number of benzene rings is 1. The van der Waals surface area contributed by atoms with Crippen LogP contribution in [0.15, 0.2) is 29.6 Å². The minimum Gasteiger partial charge on any atom is -0.482 e. The summed E-state index contributed by atoms with van der Waals surface area (Å²) in [4.78, 5) is 15.0. The molecule has 136 valence electrons. The van der Waals surface area contributed by atoms with Gasteiger partial charge in [-0.2, -0.15) is 0 Å². The summed E-state index contributed by atoms with van der Waals surface area (Å²) in [6.07, 6.45) is 0.797. The summed E-state index contributed by atoms with van der Waals surface area (Å²) in [5.41, 5.74) is 2.12. The van der Waals surface area contributed by atoms with Crippen molar-refractivity contribution < 1.29 is 19.4 Å². The van der Waals surface area contributed by atoms with Gasteiger partial charge in [0.1, 0.15) is 11.9 Å². The average Bonchev–Trinajstić information content (AvgIpc) is 3.01. The number of hydrogen-bond acceptors (Lipinski definition) is 6. The molecule has 0 aliphatic heterocycles. The van der Waals surface area contributed by atoms with E-state index < -0.39 is 5.97 Å². The van der Waals surface area contributed by atoms with Gasteiger partial charge in [-0.1, -0.05) is 12.1 Å². The number of nitrogens with one attached hydrogen (secondary N) is 1. The summed E-state index contributed by atoms with van der Waals surface area (Å²) >= 11 is 1.62. The number of carboxylic acids is 1. The van der Waals surface area contributed by atoms with Gasteiger partial charge < -0.3 is 19.9 Å². The van der Waals surface area contributed by atoms with E-state index in [1.165, 1.54) is 0 Å². The number of hydrogen-bond donors (Lipinski definition) is 2. The van der Waals surface area contributed by atoms with Crippen LogP contribution in [-0.2, 0) is 16.0 Å². The molecule has 0 bridgehead atoms. The molecule has 2 rings (SSSR count). The van der Waals surface area contributed by atoms with E-state index in [2.05, 4.69) is 17.2 Å². The van der Waals surface area contributed by atoms with E-state index in [0.29, 0.717) is 12.3 Å². The molecule has 0 aliphatic rings. The number of aryl methyl sites for hydroxylation is 1. The Balaban J connectivity index is 1.81. The maximum Gasteiger partial charge on any atom is 0.341 e. The molecule has 1 aromatic heterocycles. The number of rotatable bonds is 10. The summed E-state index contributed by atoms with van der Waals surface area (Å²) in [5, 5.41) is 15.2. The van der Waals surface area contributed by atoms with Gasteiger partial charge in [-0.15, -0.1) is 11.3 Å². The molecular formula is C18H24N2O4S. The lowest BCUT2D eigenvalue weighted by molar-refractivity contribution is -0.139. The van der Waals surface area contributed by atoms with Crippen LogP contribution in [0.4, 0.5) is 0 Å². The number of thiazole rings is 1. The van der Waals surface area contributed by atoms with Crippen LogP contribution in [0.25, 0.3) is 0 Å². The van der Waals surface area contributed by atoms with Gasteiger partial charge in [0, 0.05) is 25.1 Å². The largest absolute Gasteiger partial charge is 0.482 e. The zero-order chi connectivity index (χ0) is 18.2. The highest BCUT2D eigenvalue weighted by Gasteiger charge is 2.15. The molecule has 1 aromatic carbocycles. The molecule has 0 amide bonds. The fourth-order valence-corrected chi connectivity index (χ4v) is 3.09. The third-order valence-corrected chi connectivity index (χ3v) is 4.52. The lowest BCUT2D eigenvalue weighted by Crippen LogP contribution is -2.32. The van der Waals surface area contributed by atoms with Crippen LogP contribution >= 0.6 is 11.3 Å². The third kappa shape index (κ3) is 6.45. The second kappa shape index (κ2) is 9.50. The van der Waals surface area contributed by atoms with Crippen molar-refractivity contribution in [2.75, 3.05) is 20.3 Å². The predicted molar refractivity (Wildman–Crippen MR) is 97.3 cm³/mol. The Morgan fingerprint density at radius 2 is 2.08 bits per heavy atom. The molecular weight excluding hydrogens is 340 g/mol. The van der Waals surface area contributed by atoms with Crippen molar-refractivity contribution in [2.24, 2.45) is 0 Å². The van der Waals surface area contributed by atoms with Crippen LogP contribution in [0.3, 0.4) is 0 Å². The monoisotopic (exact) mass is 364 g/mol. The van der Waals surface area contributed by atoms with Gasteiger partial charge in [-0.25, -0.2) is 9.78 Å². The number of carboxylic acid groups (broad SMARTS) is 1. The first-order chi connectivity index (χ1) is 12.0. The Morgan fingerprint density at radius 1 is 1.36 bits per heavy atom. The van der Waals surface area contributed by atoms with Gasteiger partial charge in [0.25, 0.3) is 0 Å². The number of aromatic nitrogens is 1. The predicted octanol–water partition coefficient (Wildman–Crippen LogP) is 2.82. The maximum atomic E-state index is 10.5. The molecule has 0 aliphatic carbocycles. The van der Waals surface area contributed by atoms with Crippen LogP contribution in [0, 0.1) is 6.92 Å². The van der Waals surface area contributed by atoms with E-state index in [-0.39, 0.29) is 18.8 Å². The number of methoxy groups -OCH3 is 1. The number of carbonyl (C=O) groups is 1. The molecule has 0 saturated heterocycles. The smallest absolute Gasteiger partial charge is 0.341 e. The molecule has 0 saturated carbocycles. The van der Waals surface area contributed by atoms with E-state index in [9.17, 15) is 4.79 Å². The lowest BCUT2D eigenvalue weighted by Gasteiger charge is -2.19. The number of aliphatic carboxylic acids is 1. The van der Waals surface area contributed by atoms with Crippen LogP contribution in [0.5, 0.6) is 5.75 Å². The molecule has 2 N–H and O–H groups in total. The average molecular weight is 364 g/mol. The minimum atomic E-state index is -0.982. The molecule has 0 spiro atoms. The second-order valence-corrected chi connectivity index (χ2v) is 6.92. The quantitative estimate of drug-likeness (QED) is 0.675. The Kier molecular flexibility index (Phi) is 7.36. The first-order valence-corrected chi connectivity index (χ1v) is 8.97. The SMILES string of the molecule is COC(CNC(C)Cc1ccc(OCC(=O)O)cc1)c1csc(C)n1. The van der Waals surface area contributed by atoms with Crippen molar-refractivity contribution in [2.45, 2.75) is 32.4 Å². The van der Waals surface area contributed by atoms with Crippen LogP contribution in [0.1, 0.15) is 29.3 Å². The first-order valence-electron chi connectivity index (χ1n) is 8.09. The second-order valence-electron chi connectivity index (χ2n) is 5.86. The van der Waals surface area contributed by atoms with Crippen molar-refractivity contribution in [1.82, 2.24) is 10.3 Å². The molecule has 6 nitrogen and oxygen atoms in total. The van der Waals surface area contributed by atoms with Gasteiger partial charge >= 0.3 is 5.97 Å². The van der Waals surface area contributed by atoms with E-state index in [1.54, 1.807) is 30.6 Å². The Labute approximate surface area is 151 Å². The summed E-state index contributed by atoms with van der Waals surface area (Å²) in [6, 6.07) is 7.75. The molecule has 25 heavy (non-hydrogen) atoms. The summed E-state index contributed by atoms with van der Waals surface area (Å²) in [7, 11) is 1.70. The van der Waals surface area contributed by atoms with E-state index in [1.807, 2.05) is 24.4 Å². The van der Waals surface area contributed by atoms with E-state index in [4.69, 9.17) is 14.6 Å². The normalized spacial score (nSPS) is 13.4. The van der Waals surface area contributed by atoms with Gasteiger partial charge in [-0.05, 0) is 38.0 Å². The summed E-state index contributed by atoms with van der Waals surface area (Å²) < 4.78 is 10.7. The van der Waals surface area contributed by atoms with Crippen molar-refractivity contribution >= 4 is 17.3 Å². The van der Waals surface area contributed by atoms with Crippen LogP contribution in [-0.4, -0.2) is 42.4 Å². The van der Waals surface area contributed by atoms with E-state index >= 15 is 0 Å². The highest BCUT2D eigenvalue weighted by atomic mass is 32.1. The molecule has 2 aromatic rings. The van der Waals surface area contributed by atoms with Gasteiger partial charge in [-0.3, -0.25) is 0 Å². The van der Waals surface area contributed by atoms with Gasteiger partial charge in [0.05, 0.1) is 10.7 Å². The van der Waals surface area contributed by atoms with Crippen molar-refractivity contribution in [3.8, 4) is 5.75 Å². The van der Waals surface area contributed by atoms with Crippen molar-refractivity contribution in [3.63, 3.8) is 0 Å². The lowest BCUT2D eigenvalue weighted by atomic mass is 10.1. The standard InChI is InChI=1S/C18H24N2O4S/c1-12(19-9-17(23-3)16-11-25-13(2)20-16)8-14-4-6-15(7-5-14)24-10-18(21)22/h4-7,11-12,17,19H,8-10H2,1-3H3,(H,21,22). The highest BCUT2D eigenvalue weighted by Crippen LogP contribution is 2.19. The Morgan fingerprint density at radius 3 is 2.64 bits per heavy atom. The molecule has 1 heterocycles. The fourth-order valence-electron chi connectivity index (χ4n) is 2.44. The molecule has 2 atom stereocenters. The molecule has 0 fully saturated rings. The highest BCUT2D eigenvalue weighted by molar-refractivity contribution is 7.09. The topological polar surface area (TPSA) is 80.7 Å². The Bertz CT molecular complexity index is 672. The minimum absolute atomic E-state index is 0.0563. The molecule has 0 radical (unpaired) electrons. The van der Waals surface area contributed by atoms with E-state index in [0.717, 1.165) is 22.7 Å². The zero-order valence-electron chi connectivity index (χ0n) is 14.7. The molecule has 7 heteroatoms. The first kappa shape index (κ1) is 19.4. The number of ether oxygens (including phenoxy) is 2. The number of nitrogens with zero attached hydrogens (tertiary/aromatic N) is 1. The van der Waals surface area contributed by atoms with Crippen molar-refractivity contribution in [3.05, 3.63) is 45.9 Å². The summed E-state index contributed by atoms with van der Waals surface area (Å²) in [5.74, 6) is -0.421. The van der Waals surface area contributed by atoms with Crippen LogP contribution < -0.4 is 10.1 Å². The van der Waals surface area contributed by atoms with Crippen molar-refractivity contribution in [1.29, 1.82) is 0 Å². The molecule has 2 unspecified atom stereocenters. The zero-order valence-corrected chi connectivity index (χ0v) is 15.5.